The topological polar surface area (TPSA) is 51.1 Å². The molecule has 0 unspecified atom stereocenters. The molecular formula is C17H14N4OS. The van der Waals surface area contributed by atoms with Crippen molar-refractivity contribution in [2.45, 2.75) is 0 Å². The molecule has 1 saturated heterocycles. The van der Waals surface area contributed by atoms with Crippen LogP contribution >= 0.6 is 11.3 Å². The third-order valence-electron chi connectivity index (χ3n) is 4.24. The number of morpholine rings is 1. The van der Waals surface area contributed by atoms with Gasteiger partial charge in [0, 0.05) is 23.9 Å². The third kappa shape index (κ3) is 2.06. The number of aromatic nitrogens is 3. The summed E-state index contributed by atoms with van der Waals surface area (Å²) in [5.74, 6) is 1.00. The molecule has 0 radical (unpaired) electrons. The zero-order chi connectivity index (χ0) is 15.2. The van der Waals surface area contributed by atoms with Crippen molar-refractivity contribution >= 4 is 48.5 Å². The van der Waals surface area contributed by atoms with Gasteiger partial charge < -0.3 is 9.64 Å². The highest BCUT2D eigenvalue weighted by Gasteiger charge is 2.19. The van der Waals surface area contributed by atoms with E-state index >= 15 is 0 Å². The SMILES string of the molecule is c1ccc2nc3sc4c(N5CCOCC5)ncnc4c3cc2c1. The second-order valence-corrected chi connectivity index (χ2v) is 6.61. The quantitative estimate of drug-likeness (QED) is 0.538. The molecule has 1 aliphatic rings. The number of pyridine rings is 1. The van der Waals surface area contributed by atoms with Crippen LogP contribution in [0.3, 0.4) is 0 Å². The van der Waals surface area contributed by atoms with Crippen molar-refractivity contribution < 1.29 is 4.74 Å². The van der Waals surface area contributed by atoms with Crippen molar-refractivity contribution in [3.63, 3.8) is 0 Å². The Morgan fingerprint density at radius 3 is 2.87 bits per heavy atom. The van der Waals surface area contributed by atoms with Gasteiger partial charge >= 0.3 is 0 Å². The van der Waals surface area contributed by atoms with E-state index in [1.807, 2.05) is 18.2 Å². The summed E-state index contributed by atoms with van der Waals surface area (Å²) in [6.07, 6.45) is 1.66. The number of thiophene rings is 1. The molecule has 0 N–H and O–H groups in total. The van der Waals surface area contributed by atoms with Crippen LogP contribution < -0.4 is 4.90 Å². The number of hydrogen-bond acceptors (Lipinski definition) is 6. The van der Waals surface area contributed by atoms with Crippen LogP contribution in [0.15, 0.2) is 36.7 Å². The van der Waals surface area contributed by atoms with Gasteiger partial charge in [0.05, 0.1) is 28.9 Å². The van der Waals surface area contributed by atoms with E-state index < -0.39 is 0 Å². The minimum absolute atomic E-state index is 0.749. The molecule has 6 heteroatoms. The monoisotopic (exact) mass is 322 g/mol. The van der Waals surface area contributed by atoms with Crippen LogP contribution in [0.5, 0.6) is 0 Å². The zero-order valence-electron chi connectivity index (χ0n) is 12.4. The zero-order valence-corrected chi connectivity index (χ0v) is 13.2. The predicted octanol–water partition coefficient (Wildman–Crippen LogP) is 3.23. The van der Waals surface area contributed by atoms with E-state index in [2.05, 4.69) is 27.0 Å². The fourth-order valence-electron chi connectivity index (χ4n) is 3.09. The maximum absolute atomic E-state index is 5.45. The molecule has 0 spiro atoms. The number of anilines is 1. The summed E-state index contributed by atoms with van der Waals surface area (Å²) in [7, 11) is 0. The number of hydrogen-bond donors (Lipinski definition) is 0. The molecule has 0 saturated carbocycles. The van der Waals surface area contributed by atoms with Crippen molar-refractivity contribution in [1.82, 2.24) is 15.0 Å². The molecule has 1 aliphatic heterocycles. The Morgan fingerprint density at radius 2 is 1.96 bits per heavy atom. The summed E-state index contributed by atoms with van der Waals surface area (Å²) < 4.78 is 6.57. The van der Waals surface area contributed by atoms with Gasteiger partial charge in [-0.05, 0) is 12.1 Å². The summed E-state index contributed by atoms with van der Waals surface area (Å²) in [4.78, 5) is 17.2. The van der Waals surface area contributed by atoms with Gasteiger partial charge in [-0.2, -0.15) is 0 Å². The first-order valence-electron chi connectivity index (χ1n) is 7.66. The van der Waals surface area contributed by atoms with Gasteiger partial charge in [-0.25, -0.2) is 15.0 Å². The molecular weight excluding hydrogens is 308 g/mol. The molecule has 0 bridgehead atoms. The van der Waals surface area contributed by atoms with Gasteiger partial charge in [0.1, 0.15) is 17.0 Å². The average Bonchev–Trinajstić information content (AvgIpc) is 2.98. The number of fused-ring (bicyclic) bond motifs is 4. The summed E-state index contributed by atoms with van der Waals surface area (Å²) in [5.41, 5.74) is 2.02. The molecule has 3 aromatic heterocycles. The maximum Gasteiger partial charge on any atom is 0.150 e. The average molecular weight is 322 g/mol. The lowest BCUT2D eigenvalue weighted by Gasteiger charge is -2.27. The van der Waals surface area contributed by atoms with E-state index in [9.17, 15) is 0 Å². The smallest absolute Gasteiger partial charge is 0.150 e. The summed E-state index contributed by atoms with van der Waals surface area (Å²) in [6, 6.07) is 10.4. The van der Waals surface area contributed by atoms with Gasteiger partial charge in [-0.1, -0.05) is 18.2 Å². The van der Waals surface area contributed by atoms with Crippen molar-refractivity contribution in [1.29, 1.82) is 0 Å². The maximum atomic E-state index is 5.45. The first kappa shape index (κ1) is 13.2. The number of nitrogens with zero attached hydrogens (tertiary/aromatic N) is 4. The molecule has 4 aromatic rings. The molecule has 0 amide bonds. The molecule has 0 aliphatic carbocycles. The largest absolute Gasteiger partial charge is 0.378 e. The van der Waals surface area contributed by atoms with Gasteiger partial charge in [-0.3, -0.25) is 0 Å². The molecule has 5 nitrogen and oxygen atoms in total. The number of benzene rings is 1. The Kier molecular flexibility index (Phi) is 2.92. The van der Waals surface area contributed by atoms with E-state index in [0.29, 0.717) is 0 Å². The fraction of sp³-hybridized carbons (Fsp3) is 0.235. The molecule has 1 fully saturated rings. The Morgan fingerprint density at radius 1 is 1.09 bits per heavy atom. The van der Waals surface area contributed by atoms with E-state index in [4.69, 9.17) is 9.72 Å². The molecule has 23 heavy (non-hydrogen) atoms. The van der Waals surface area contributed by atoms with Gasteiger partial charge in [0.25, 0.3) is 0 Å². The van der Waals surface area contributed by atoms with E-state index in [1.165, 1.54) is 0 Å². The van der Waals surface area contributed by atoms with E-state index in [-0.39, 0.29) is 0 Å². The molecule has 0 atom stereocenters. The highest BCUT2D eigenvalue weighted by molar-refractivity contribution is 7.26. The van der Waals surface area contributed by atoms with Crippen LogP contribution in [0.4, 0.5) is 5.82 Å². The third-order valence-corrected chi connectivity index (χ3v) is 5.32. The van der Waals surface area contributed by atoms with Crippen LogP contribution in [-0.2, 0) is 4.74 Å². The van der Waals surface area contributed by atoms with Crippen LogP contribution in [0.25, 0.3) is 31.3 Å². The summed E-state index contributed by atoms with van der Waals surface area (Å²) in [5, 5.41) is 2.26. The molecule has 5 rings (SSSR count). The minimum atomic E-state index is 0.749. The lowest BCUT2D eigenvalue weighted by molar-refractivity contribution is 0.122. The predicted molar refractivity (Wildman–Crippen MR) is 93.3 cm³/mol. The standard InChI is InChI=1S/C17H14N4OS/c1-2-4-13-11(3-1)9-12-14-15(23-17(12)20-13)16(19-10-18-14)21-5-7-22-8-6-21/h1-4,9-10H,5-8H2. The highest BCUT2D eigenvalue weighted by atomic mass is 32.1. The Labute approximate surface area is 136 Å². The van der Waals surface area contributed by atoms with Gasteiger partial charge in [0.2, 0.25) is 0 Å². The van der Waals surface area contributed by atoms with Crippen LogP contribution in [0.2, 0.25) is 0 Å². The summed E-state index contributed by atoms with van der Waals surface area (Å²) in [6.45, 7) is 3.24. The Balaban J connectivity index is 1.79. The lowest BCUT2D eigenvalue weighted by atomic mass is 10.2. The Hall–Kier alpha value is -2.31. The fourth-order valence-corrected chi connectivity index (χ4v) is 4.23. The van der Waals surface area contributed by atoms with Gasteiger partial charge in [-0.15, -0.1) is 11.3 Å². The van der Waals surface area contributed by atoms with Crippen molar-refractivity contribution in [2.24, 2.45) is 0 Å². The summed E-state index contributed by atoms with van der Waals surface area (Å²) >= 11 is 1.68. The number of ether oxygens (including phenoxy) is 1. The van der Waals surface area contributed by atoms with Gasteiger partial charge in [0.15, 0.2) is 0 Å². The van der Waals surface area contributed by atoms with Crippen molar-refractivity contribution in [2.75, 3.05) is 31.2 Å². The lowest BCUT2D eigenvalue weighted by Crippen LogP contribution is -2.36. The second kappa shape index (κ2) is 5.11. The normalized spacial score (nSPS) is 15.7. The number of para-hydroxylation sites is 1. The van der Waals surface area contributed by atoms with Crippen LogP contribution in [0.1, 0.15) is 0 Å². The van der Waals surface area contributed by atoms with Crippen molar-refractivity contribution in [3.8, 4) is 0 Å². The Bertz CT molecular complexity index is 1020. The molecule has 4 heterocycles. The molecule has 114 valence electrons. The van der Waals surface area contributed by atoms with Crippen LogP contribution in [-0.4, -0.2) is 41.3 Å². The van der Waals surface area contributed by atoms with Crippen molar-refractivity contribution in [3.05, 3.63) is 36.7 Å². The molecule has 1 aromatic carbocycles. The highest BCUT2D eigenvalue weighted by Crippen LogP contribution is 2.37. The van der Waals surface area contributed by atoms with E-state index in [1.54, 1.807) is 17.7 Å². The first-order chi connectivity index (χ1) is 11.4. The van der Waals surface area contributed by atoms with Crippen LogP contribution in [0, 0.1) is 0 Å². The number of rotatable bonds is 1. The first-order valence-corrected chi connectivity index (χ1v) is 8.47. The van der Waals surface area contributed by atoms with E-state index in [0.717, 1.165) is 63.5 Å². The minimum Gasteiger partial charge on any atom is -0.378 e. The second-order valence-electron chi connectivity index (χ2n) is 5.61.